The Balaban J connectivity index is 1.91. The number of benzene rings is 2. The summed E-state index contributed by atoms with van der Waals surface area (Å²) in [7, 11) is 2.82. The van der Waals surface area contributed by atoms with E-state index in [2.05, 4.69) is 0 Å². The third-order valence-electron chi connectivity index (χ3n) is 5.02. The van der Waals surface area contributed by atoms with Crippen LogP contribution in [0.2, 0.25) is 0 Å². The van der Waals surface area contributed by atoms with E-state index >= 15 is 0 Å². The molecule has 2 aromatic carbocycles. The minimum Gasteiger partial charge on any atom is -0.493 e. The Morgan fingerprint density at radius 3 is 2.60 bits per heavy atom. The standard InChI is InChI=1S/C23H25NO6/c1-28-20-14-19(22(25)29-2)17(10-11-18-9-6-12-24(18)23(26)27)13-21(20)30-15-16-7-4-3-5-8-16/h3-5,7-8,10-11,13-14,18H,6,9,12,15H2,1-2H3,(H,26,27)/t18-/m0/s1. The van der Waals surface area contributed by atoms with Crippen molar-refractivity contribution in [3.05, 3.63) is 65.2 Å². The van der Waals surface area contributed by atoms with Crippen LogP contribution in [0.25, 0.3) is 6.08 Å². The van der Waals surface area contributed by atoms with Gasteiger partial charge < -0.3 is 24.2 Å². The van der Waals surface area contributed by atoms with Crippen molar-refractivity contribution in [3.8, 4) is 11.5 Å². The molecule has 1 heterocycles. The Kier molecular flexibility index (Phi) is 6.95. The van der Waals surface area contributed by atoms with E-state index in [9.17, 15) is 14.7 Å². The van der Waals surface area contributed by atoms with E-state index in [0.717, 1.165) is 18.4 Å². The molecule has 0 aliphatic carbocycles. The molecule has 7 nitrogen and oxygen atoms in total. The van der Waals surface area contributed by atoms with Crippen molar-refractivity contribution in [1.29, 1.82) is 0 Å². The van der Waals surface area contributed by atoms with E-state index < -0.39 is 12.1 Å². The highest BCUT2D eigenvalue weighted by atomic mass is 16.5. The highest BCUT2D eigenvalue weighted by Gasteiger charge is 2.26. The summed E-state index contributed by atoms with van der Waals surface area (Å²) in [6.07, 6.45) is 4.14. The van der Waals surface area contributed by atoms with Crippen LogP contribution in [0, 0.1) is 0 Å². The molecule has 158 valence electrons. The van der Waals surface area contributed by atoms with E-state index in [1.807, 2.05) is 30.3 Å². The zero-order valence-corrected chi connectivity index (χ0v) is 17.0. The first kappa shape index (κ1) is 21.2. The Bertz CT molecular complexity index is 925. The fraction of sp³-hybridized carbons (Fsp3) is 0.304. The van der Waals surface area contributed by atoms with Crippen molar-refractivity contribution >= 4 is 18.1 Å². The average Bonchev–Trinajstić information content (AvgIpc) is 3.25. The lowest BCUT2D eigenvalue weighted by Crippen LogP contribution is -2.32. The van der Waals surface area contributed by atoms with Gasteiger partial charge >= 0.3 is 12.1 Å². The highest BCUT2D eigenvalue weighted by molar-refractivity contribution is 5.94. The number of carbonyl (C=O) groups excluding carboxylic acids is 1. The van der Waals surface area contributed by atoms with Gasteiger partial charge in [0, 0.05) is 6.54 Å². The van der Waals surface area contributed by atoms with Gasteiger partial charge in [0.15, 0.2) is 11.5 Å². The van der Waals surface area contributed by atoms with Crippen LogP contribution < -0.4 is 9.47 Å². The SMILES string of the molecule is COC(=O)c1cc(OC)c(OCc2ccccc2)cc1C=C[C@@H]1CCCN1C(=O)O. The maximum atomic E-state index is 12.3. The molecule has 7 heteroatoms. The first-order chi connectivity index (χ1) is 14.5. The minimum absolute atomic E-state index is 0.233. The summed E-state index contributed by atoms with van der Waals surface area (Å²) in [5.74, 6) is 0.385. The Morgan fingerprint density at radius 2 is 1.93 bits per heavy atom. The van der Waals surface area contributed by atoms with Gasteiger partial charge in [-0.15, -0.1) is 0 Å². The summed E-state index contributed by atoms with van der Waals surface area (Å²) in [5, 5.41) is 9.33. The van der Waals surface area contributed by atoms with Gasteiger partial charge in [0.05, 0.1) is 25.8 Å². The molecule has 0 saturated carbocycles. The molecule has 0 unspecified atom stereocenters. The number of carbonyl (C=O) groups is 2. The minimum atomic E-state index is -0.947. The molecule has 0 spiro atoms. The van der Waals surface area contributed by atoms with E-state index in [1.54, 1.807) is 24.3 Å². The van der Waals surface area contributed by atoms with Gasteiger partial charge in [0.1, 0.15) is 6.61 Å². The normalized spacial score (nSPS) is 15.9. The van der Waals surface area contributed by atoms with Gasteiger partial charge in [0.2, 0.25) is 0 Å². The van der Waals surface area contributed by atoms with Crippen molar-refractivity contribution < 1.29 is 28.9 Å². The van der Waals surface area contributed by atoms with Crippen molar-refractivity contribution in [1.82, 2.24) is 4.90 Å². The van der Waals surface area contributed by atoms with Crippen LogP contribution in [0.1, 0.15) is 34.3 Å². The fourth-order valence-electron chi connectivity index (χ4n) is 3.45. The molecule has 1 aliphatic heterocycles. The summed E-state index contributed by atoms with van der Waals surface area (Å²) in [6.45, 7) is 0.843. The van der Waals surface area contributed by atoms with Gasteiger partial charge in [0.25, 0.3) is 0 Å². The van der Waals surface area contributed by atoms with Crippen LogP contribution in [0.4, 0.5) is 4.79 Å². The quantitative estimate of drug-likeness (QED) is 0.687. The second-order valence-corrected chi connectivity index (χ2v) is 6.90. The number of ether oxygens (including phenoxy) is 3. The number of hydrogen-bond acceptors (Lipinski definition) is 5. The maximum absolute atomic E-state index is 12.3. The number of rotatable bonds is 7. The van der Waals surface area contributed by atoms with Crippen LogP contribution in [-0.2, 0) is 11.3 Å². The number of esters is 1. The molecule has 1 fully saturated rings. The summed E-state index contributed by atoms with van der Waals surface area (Å²) >= 11 is 0. The van der Waals surface area contributed by atoms with Crippen molar-refractivity contribution in [2.24, 2.45) is 0 Å². The molecule has 2 aromatic rings. The van der Waals surface area contributed by atoms with Gasteiger partial charge in [-0.3, -0.25) is 0 Å². The molecule has 3 rings (SSSR count). The third kappa shape index (κ3) is 4.92. The van der Waals surface area contributed by atoms with Gasteiger partial charge in [-0.1, -0.05) is 42.5 Å². The molecular weight excluding hydrogens is 386 g/mol. The van der Waals surface area contributed by atoms with Gasteiger partial charge in [-0.2, -0.15) is 0 Å². The number of methoxy groups -OCH3 is 2. The topological polar surface area (TPSA) is 85.3 Å². The van der Waals surface area contributed by atoms with Crippen LogP contribution >= 0.6 is 0 Å². The Labute approximate surface area is 175 Å². The summed E-state index contributed by atoms with van der Waals surface area (Å²) < 4.78 is 16.2. The van der Waals surface area contributed by atoms with Crippen molar-refractivity contribution in [2.45, 2.75) is 25.5 Å². The first-order valence-electron chi connectivity index (χ1n) is 9.68. The second kappa shape index (κ2) is 9.82. The second-order valence-electron chi connectivity index (χ2n) is 6.90. The van der Waals surface area contributed by atoms with E-state index in [-0.39, 0.29) is 6.04 Å². The summed E-state index contributed by atoms with van der Waals surface area (Å²) in [5.41, 5.74) is 1.89. The Hall–Kier alpha value is -3.48. The smallest absolute Gasteiger partial charge is 0.407 e. The predicted molar refractivity (Wildman–Crippen MR) is 112 cm³/mol. The highest BCUT2D eigenvalue weighted by Crippen LogP contribution is 2.33. The largest absolute Gasteiger partial charge is 0.493 e. The van der Waals surface area contributed by atoms with E-state index in [1.165, 1.54) is 19.1 Å². The molecule has 1 saturated heterocycles. The number of amides is 1. The zero-order valence-electron chi connectivity index (χ0n) is 17.0. The molecule has 1 atom stereocenters. The van der Waals surface area contributed by atoms with Crippen molar-refractivity contribution in [3.63, 3.8) is 0 Å². The van der Waals surface area contributed by atoms with E-state index in [4.69, 9.17) is 14.2 Å². The molecule has 0 radical (unpaired) electrons. The zero-order chi connectivity index (χ0) is 21.5. The molecule has 1 N–H and O–H groups in total. The molecule has 1 amide bonds. The molecule has 0 aromatic heterocycles. The van der Waals surface area contributed by atoms with Crippen LogP contribution in [0.3, 0.4) is 0 Å². The van der Waals surface area contributed by atoms with E-state index in [0.29, 0.717) is 35.8 Å². The maximum Gasteiger partial charge on any atom is 0.407 e. The van der Waals surface area contributed by atoms with Crippen LogP contribution in [0.5, 0.6) is 11.5 Å². The molecular formula is C23H25NO6. The lowest BCUT2D eigenvalue weighted by Gasteiger charge is -2.18. The number of likely N-dealkylation sites (tertiary alicyclic amines) is 1. The number of nitrogens with zero attached hydrogens (tertiary/aromatic N) is 1. The van der Waals surface area contributed by atoms with Gasteiger partial charge in [-0.25, -0.2) is 9.59 Å². The molecule has 1 aliphatic rings. The lowest BCUT2D eigenvalue weighted by atomic mass is 10.0. The number of hydrogen-bond donors (Lipinski definition) is 1. The fourth-order valence-corrected chi connectivity index (χ4v) is 3.45. The third-order valence-corrected chi connectivity index (χ3v) is 5.02. The summed E-state index contributed by atoms with van der Waals surface area (Å²) in [6, 6.07) is 12.8. The lowest BCUT2D eigenvalue weighted by molar-refractivity contribution is 0.0600. The average molecular weight is 411 g/mol. The van der Waals surface area contributed by atoms with Crippen molar-refractivity contribution in [2.75, 3.05) is 20.8 Å². The Morgan fingerprint density at radius 1 is 1.17 bits per heavy atom. The molecule has 0 bridgehead atoms. The van der Waals surface area contributed by atoms with Crippen LogP contribution in [-0.4, -0.2) is 48.9 Å². The predicted octanol–water partition coefficient (Wildman–Crippen LogP) is 4.22. The monoisotopic (exact) mass is 411 g/mol. The molecule has 30 heavy (non-hydrogen) atoms. The van der Waals surface area contributed by atoms with Gasteiger partial charge in [-0.05, 0) is 36.1 Å². The number of carboxylic acid groups (broad SMARTS) is 1. The first-order valence-corrected chi connectivity index (χ1v) is 9.68. The van der Waals surface area contributed by atoms with Crippen LogP contribution in [0.15, 0.2) is 48.5 Å². The summed E-state index contributed by atoms with van der Waals surface area (Å²) in [4.78, 5) is 25.1.